The molecule has 132 valence electrons. The second-order valence-corrected chi connectivity index (χ2v) is 8.69. The van der Waals surface area contributed by atoms with Gasteiger partial charge in [0.25, 0.3) is 10.2 Å². The number of carbonyl (C=O) groups excluding carboxylic acids is 1. The number of aryl methyl sites for hydroxylation is 1. The second kappa shape index (κ2) is 7.76. The first-order chi connectivity index (χ1) is 11.6. The van der Waals surface area contributed by atoms with Crippen LogP contribution in [0.5, 0.6) is 0 Å². The molecule has 0 aliphatic carbocycles. The molecule has 0 spiro atoms. The summed E-state index contributed by atoms with van der Waals surface area (Å²) in [4.78, 5) is 12.5. The summed E-state index contributed by atoms with van der Waals surface area (Å²) in [7, 11) is -3.38. The fourth-order valence-corrected chi connectivity index (χ4v) is 5.39. The molecule has 1 unspecified atom stereocenters. The van der Waals surface area contributed by atoms with Crippen molar-refractivity contribution < 1.29 is 13.2 Å². The molecule has 1 aromatic rings. The first-order valence-corrected chi connectivity index (χ1v) is 10.3. The minimum Gasteiger partial charge on any atom is -0.299 e. The Balaban J connectivity index is 1.57. The molecule has 0 radical (unpaired) electrons. The third kappa shape index (κ3) is 4.05. The van der Waals surface area contributed by atoms with Gasteiger partial charge in [-0.1, -0.05) is 30.3 Å². The molecule has 2 aliphatic rings. The standard InChI is InChI=1S/C18H26N2O3S/c21-18(11-10-16-7-2-1-3-8-16)17-9-6-14-20(15-17)24(22,23)19-12-4-5-13-19/h1-3,7-8,17H,4-6,9-15H2. The average molecular weight is 350 g/mol. The van der Waals surface area contributed by atoms with E-state index < -0.39 is 10.2 Å². The maximum absolute atomic E-state index is 12.7. The molecule has 2 heterocycles. The van der Waals surface area contributed by atoms with Gasteiger partial charge >= 0.3 is 0 Å². The van der Waals surface area contributed by atoms with Crippen LogP contribution in [0.15, 0.2) is 30.3 Å². The molecule has 0 amide bonds. The Kier molecular flexibility index (Phi) is 5.69. The predicted octanol–water partition coefficient (Wildman–Crippen LogP) is 2.24. The highest BCUT2D eigenvalue weighted by atomic mass is 32.2. The summed E-state index contributed by atoms with van der Waals surface area (Å²) in [6, 6.07) is 9.97. The summed E-state index contributed by atoms with van der Waals surface area (Å²) in [6.45, 7) is 2.13. The lowest BCUT2D eigenvalue weighted by Crippen LogP contribution is -2.48. The number of nitrogens with zero attached hydrogens (tertiary/aromatic N) is 2. The minimum absolute atomic E-state index is 0.153. The van der Waals surface area contributed by atoms with Crippen molar-refractivity contribution in [1.82, 2.24) is 8.61 Å². The monoisotopic (exact) mass is 350 g/mol. The average Bonchev–Trinajstić information content (AvgIpc) is 3.16. The number of hydrogen-bond acceptors (Lipinski definition) is 3. The van der Waals surface area contributed by atoms with E-state index >= 15 is 0 Å². The molecule has 2 aliphatic heterocycles. The third-order valence-electron chi connectivity index (χ3n) is 5.06. The molecule has 5 nitrogen and oxygen atoms in total. The van der Waals surface area contributed by atoms with Crippen molar-refractivity contribution in [2.45, 2.75) is 38.5 Å². The smallest absolute Gasteiger partial charge is 0.281 e. The SMILES string of the molecule is O=C(CCc1ccccc1)C1CCCN(S(=O)(=O)N2CCCC2)C1. The molecular weight excluding hydrogens is 324 g/mol. The van der Waals surface area contributed by atoms with Crippen LogP contribution in [-0.4, -0.2) is 49.0 Å². The zero-order valence-electron chi connectivity index (χ0n) is 14.1. The van der Waals surface area contributed by atoms with Crippen molar-refractivity contribution in [2.75, 3.05) is 26.2 Å². The molecule has 0 saturated carbocycles. The first kappa shape index (κ1) is 17.6. The van der Waals surface area contributed by atoms with Crippen LogP contribution in [0.4, 0.5) is 0 Å². The quantitative estimate of drug-likeness (QED) is 0.791. The van der Waals surface area contributed by atoms with E-state index in [1.807, 2.05) is 30.3 Å². The number of benzene rings is 1. The highest BCUT2D eigenvalue weighted by Crippen LogP contribution is 2.25. The predicted molar refractivity (Wildman–Crippen MR) is 93.8 cm³/mol. The summed E-state index contributed by atoms with van der Waals surface area (Å²) in [5.74, 6) is 0.0417. The fraction of sp³-hybridized carbons (Fsp3) is 0.611. The van der Waals surface area contributed by atoms with Gasteiger partial charge in [-0.3, -0.25) is 4.79 Å². The summed E-state index contributed by atoms with van der Waals surface area (Å²) >= 11 is 0. The summed E-state index contributed by atoms with van der Waals surface area (Å²) in [6.07, 6.45) is 4.68. The fourth-order valence-electron chi connectivity index (χ4n) is 3.61. The van der Waals surface area contributed by atoms with Crippen molar-refractivity contribution in [3.63, 3.8) is 0 Å². The van der Waals surface area contributed by atoms with E-state index in [0.717, 1.165) is 37.7 Å². The van der Waals surface area contributed by atoms with E-state index in [2.05, 4.69) is 0 Å². The highest BCUT2D eigenvalue weighted by molar-refractivity contribution is 7.86. The number of carbonyl (C=O) groups is 1. The topological polar surface area (TPSA) is 57.7 Å². The Morgan fingerprint density at radius 1 is 1.00 bits per heavy atom. The van der Waals surface area contributed by atoms with Crippen LogP contribution in [0.2, 0.25) is 0 Å². The number of hydrogen-bond donors (Lipinski definition) is 0. The van der Waals surface area contributed by atoms with E-state index in [0.29, 0.717) is 32.6 Å². The van der Waals surface area contributed by atoms with E-state index in [4.69, 9.17) is 0 Å². The van der Waals surface area contributed by atoms with Crippen LogP contribution in [0.1, 0.15) is 37.7 Å². The van der Waals surface area contributed by atoms with Gasteiger partial charge in [0.05, 0.1) is 0 Å². The molecule has 6 heteroatoms. The maximum atomic E-state index is 12.7. The largest absolute Gasteiger partial charge is 0.299 e. The Bertz CT molecular complexity index is 654. The number of Topliss-reactive ketones (excluding diaryl/α,β-unsaturated/α-hetero) is 1. The van der Waals surface area contributed by atoms with Gasteiger partial charge in [0.15, 0.2) is 0 Å². The van der Waals surface area contributed by atoms with Crippen LogP contribution in [0, 0.1) is 5.92 Å². The van der Waals surface area contributed by atoms with Crippen LogP contribution >= 0.6 is 0 Å². The minimum atomic E-state index is -3.38. The van der Waals surface area contributed by atoms with Crippen molar-refractivity contribution in [1.29, 1.82) is 0 Å². The van der Waals surface area contributed by atoms with Gasteiger partial charge in [-0.15, -0.1) is 0 Å². The van der Waals surface area contributed by atoms with Gasteiger partial charge in [-0.25, -0.2) is 0 Å². The zero-order valence-corrected chi connectivity index (χ0v) is 14.9. The molecule has 0 N–H and O–H groups in total. The van der Waals surface area contributed by atoms with Gasteiger partial charge in [0.2, 0.25) is 0 Å². The van der Waals surface area contributed by atoms with Crippen LogP contribution < -0.4 is 0 Å². The van der Waals surface area contributed by atoms with E-state index in [-0.39, 0.29) is 11.7 Å². The van der Waals surface area contributed by atoms with E-state index in [1.165, 1.54) is 4.31 Å². The van der Waals surface area contributed by atoms with Gasteiger partial charge in [-0.2, -0.15) is 17.0 Å². The van der Waals surface area contributed by atoms with Crippen molar-refractivity contribution >= 4 is 16.0 Å². The lowest BCUT2D eigenvalue weighted by Gasteiger charge is -2.33. The van der Waals surface area contributed by atoms with Crippen molar-refractivity contribution in [3.05, 3.63) is 35.9 Å². The first-order valence-electron chi connectivity index (χ1n) is 8.89. The molecule has 1 atom stereocenters. The number of piperidine rings is 1. The van der Waals surface area contributed by atoms with Gasteiger partial charge in [0, 0.05) is 38.5 Å². The normalized spacial score (nSPS) is 23.4. The third-order valence-corrected chi connectivity index (χ3v) is 7.06. The number of ketones is 1. The van der Waals surface area contributed by atoms with E-state index in [9.17, 15) is 13.2 Å². The van der Waals surface area contributed by atoms with Crippen molar-refractivity contribution in [2.24, 2.45) is 5.92 Å². The molecule has 2 saturated heterocycles. The van der Waals surface area contributed by atoms with Crippen LogP contribution in [0.3, 0.4) is 0 Å². The summed E-state index contributed by atoms with van der Waals surface area (Å²) < 4.78 is 28.5. The Labute approximate surface area is 144 Å². The summed E-state index contributed by atoms with van der Waals surface area (Å²) in [5.41, 5.74) is 1.16. The molecule has 0 aromatic heterocycles. The van der Waals surface area contributed by atoms with Crippen LogP contribution in [0.25, 0.3) is 0 Å². The summed E-state index contributed by atoms with van der Waals surface area (Å²) in [5, 5.41) is 0. The molecule has 1 aromatic carbocycles. The van der Waals surface area contributed by atoms with Gasteiger partial charge < -0.3 is 0 Å². The molecule has 2 fully saturated rings. The molecule has 0 bridgehead atoms. The van der Waals surface area contributed by atoms with Crippen molar-refractivity contribution in [3.8, 4) is 0 Å². The van der Waals surface area contributed by atoms with Gasteiger partial charge in [0.1, 0.15) is 5.78 Å². The molecule has 3 rings (SSSR count). The molecular formula is C18H26N2O3S. The Hall–Kier alpha value is -1.24. The second-order valence-electron chi connectivity index (χ2n) is 6.76. The Morgan fingerprint density at radius 2 is 1.67 bits per heavy atom. The lowest BCUT2D eigenvalue weighted by molar-refractivity contribution is -0.123. The zero-order chi connectivity index (χ0) is 17.0. The number of rotatable bonds is 6. The van der Waals surface area contributed by atoms with Crippen LogP contribution in [-0.2, 0) is 21.4 Å². The Morgan fingerprint density at radius 3 is 2.38 bits per heavy atom. The highest BCUT2D eigenvalue weighted by Gasteiger charge is 2.36. The molecule has 24 heavy (non-hydrogen) atoms. The maximum Gasteiger partial charge on any atom is 0.281 e. The van der Waals surface area contributed by atoms with Gasteiger partial charge in [-0.05, 0) is 37.7 Å². The van der Waals surface area contributed by atoms with E-state index in [1.54, 1.807) is 4.31 Å². The lowest BCUT2D eigenvalue weighted by atomic mass is 9.91.